The molecule has 24 heavy (non-hydrogen) atoms. The topological polar surface area (TPSA) is 58.7 Å². The molecule has 6 heteroatoms. The number of halogens is 1. The molecule has 4 nitrogen and oxygen atoms in total. The number of thiazole rings is 1. The Bertz CT molecular complexity index is 935. The number of aromatic nitrogens is 2. The van der Waals surface area contributed by atoms with Crippen LogP contribution in [0.3, 0.4) is 0 Å². The number of ketones is 1. The van der Waals surface area contributed by atoms with Gasteiger partial charge in [-0.05, 0) is 18.2 Å². The fourth-order valence-electron chi connectivity index (χ4n) is 2.27. The zero-order valence-corrected chi connectivity index (χ0v) is 14.1. The molecule has 118 valence electrons. The van der Waals surface area contributed by atoms with Crippen LogP contribution in [0.1, 0.15) is 20.9 Å². The Hall–Kier alpha value is -2.68. The van der Waals surface area contributed by atoms with Gasteiger partial charge in [-0.15, -0.1) is 11.3 Å². The van der Waals surface area contributed by atoms with E-state index in [1.807, 2.05) is 35.0 Å². The minimum Gasteiger partial charge on any atom is -0.343 e. The Balaban J connectivity index is 1.88. The van der Waals surface area contributed by atoms with Gasteiger partial charge in [0.05, 0.1) is 6.54 Å². The van der Waals surface area contributed by atoms with Crippen molar-refractivity contribution in [3.63, 3.8) is 0 Å². The third-order valence-corrected chi connectivity index (χ3v) is 4.51. The van der Waals surface area contributed by atoms with E-state index in [2.05, 4.69) is 4.98 Å². The third-order valence-electron chi connectivity index (χ3n) is 3.41. The molecule has 0 bridgehead atoms. The summed E-state index contributed by atoms with van der Waals surface area (Å²) in [5, 5.41) is 9.37. The second kappa shape index (κ2) is 7.26. The molecule has 3 rings (SSSR count). The van der Waals surface area contributed by atoms with E-state index in [9.17, 15) is 10.1 Å². The van der Waals surface area contributed by atoms with Crippen molar-refractivity contribution in [1.29, 1.82) is 5.26 Å². The number of nitriles is 1. The number of hydrogen-bond donors (Lipinski definition) is 0. The normalized spacial score (nSPS) is 11.2. The minimum absolute atomic E-state index is 0.100. The number of hydrogen-bond acceptors (Lipinski definition) is 4. The van der Waals surface area contributed by atoms with E-state index in [1.165, 1.54) is 11.3 Å². The molecule has 0 amide bonds. The molecular formula is C18H12ClN3OS. The van der Waals surface area contributed by atoms with Gasteiger partial charge in [-0.1, -0.05) is 41.9 Å². The van der Waals surface area contributed by atoms with E-state index in [4.69, 9.17) is 11.6 Å². The van der Waals surface area contributed by atoms with E-state index >= 15 is 0 Å². The average Bonchev–Trinajstić information content (AvgIpc) is 3.22. The monoisotopic (exact) mass is 353 g/mol. The highest BCUT2D eigenvalue weighted by Gasteiger charge is 2.13. The Morgan fingerprint density at radius 1 is 1.29 bits per heavy atom. The summed E-state index contributed by atoms with van der Waals surface area (Å²) in [5.41, 5.74) is 1.38. The minimum atomic E-state index is -0.285. The summed E-state index contributed by atoms with van der Waals surface area (Å²) in [6.07, 6.45) is 5.22. The molecular weight excluding hydrogens is 342 g/mol. The van der Waals surface area contributed by atoms with Gasteiger partial charge in [0.25, 0.3) is 0 Å². The van der Waals surface area contributed by atoms with Crippen LogP contribution in [-0.4, -0.2) is 15.3 Å². The van der Waals surface area contributed by atoms with Crippen LogP contribution in [-0.2, 0) is 6.54 Å². The van der Waals surface area contributed by atoms with E-state index in [1.54, 1.807) is 36.5 Å². The van der Waals surface area contributed by atoms with Crippen molar-refractivity contribution in [3.05, 3.63) is 81.0 Å². The molecule has 0 aliphatic heterocycles. The quantitative estimate of drug-likeness (QED) is 0.387. The Morgan fingerprint density at radius 3 is 2.75 bits per heavy atom. The van der Waals surface area contributed by atoms with Gasteiger partial charge in [0.15, 0.2) is 4.47 Å². The predicted octanol–water partition coefficient (Wildman–Crippen LogP) is 4.44. The number of carbonyl (C=O) groups excluding carboxylic acids is 1. The highest BCUT2D eigenvalue weighted by atomic mass is 35.5. The molecule has 0 fully saturated rings. The number of Topliss-reactive ketones (excluding diaryl/α,β-unsaturated/α-hetero) is 1. The lowest BCUT2D eigenvalue weighted by Gasteiger charge is -2.05. The highest BCUT2D eigenvalue weighted by molar-refractivity contribution is 7.15. The number of rotatable bonds is 5. The lowest BCUT2D eigenvalue weighted by Crippen LogP contribution is -2.04. The van der Waals surface area contributed by atoms with E-state index < -0.39 is 0 Å². The zero-order chi connectivity index (χ0) is 16.9. The lowest BCUT2D eigenvalue weighted by atomic mass is 10.0. The summed E-state index contributed by atoms with van der Waals surface area (Å²) in [5.74, 6) is -0.285. The first-order valence-corrected chi connectivity index (χ1v) is 8.33. The molecule has 0 spiro atoms. The molecule has 3 aromatic rings. The molecule has 1 aromatic carbocycles. The average molecular weight is 354 g/mol. The van der Waals surface area contributed by atoms with E-state index in [0.29, 0.717) is 16.6 Å². The third kappa shape index (κ3) is 3.62. The predicted molar refractivity (Wildman–Crippen MR) is 95.0 cm³/mol. The second-order valence-corrected chi connectivity index (χ2v) is 6.70. The molecule has 0 aliphatic carbocycles. The lowest BCUT2D eigenvalue weighted by molar-refractivity contribution is 0.104. The SMILES string of the molecule is N#CC(=Cc1cccn1Cc1cnc(Cl)s1)C(=O)c1ccccc1. The summed E-state index contributed by atoms with van der Waals surface area (Å²) < 4.78 is 2.44. The van der Waals surface area contributed by atoms with E-state index in [0.717, 1.165) is 10.6 Å². The maximum absolute atomic E-state index is 12.4. The van der Waals surface area contributed by atoms with Crippen LogP contribution in [0.25, 0.3) is 6.08 Å². The van der Waals surface area contributed by atoms with Crippen molar-refractivity contribution in [2.75, 3.05) is 0 Å². The molecule has 0 saturated heterocycles. The summed E-state index contributed by atoms with van der Waals surface area (Å²) in [4.78, 5) is 17.5. The van der Waals surface area contributed by atoms with Crippen molar-refractivity contribution in [2.45, 2.75) is 6.54 Å². The molecule has 0 unspecified atom stereocenters. The van der Waals surface area contributed by atoms with Crippen LogP contribution in [0.5, 0.6) is 0 Å². The smallest absolute Gasteiger partial charge is 0.203 e. The second-order valence-electron chi connectivity index (χ2n) is 5.01. The molecule has 0 atom stereocenters. The number of benzene rings is 1. The standard InChI is InChI=1S/C18H12ClN3OS/c19-18-21-11-16(24-18)12-22-8-4-7-15(22)9-14(10-20)17(23)13-5-2-1-3-6-13/h1-9,11H,12H2. The molecule has 2 heterocycles. The maximum atomic E-state index is 12.4. The van der Waals surface area contributed by atoms with Crippen LogP contribution in [0.4, 0.5) is 0 Å². The number of allylic oxidation sites excluding steroid dienone is 1. The van der Waals surface area contributed by atoms with Gasteiger partial charge in [0.1, 0.15) is 11.6 Å². The first-order valence-electron chi connectivity index (χ1n) is 7.14. The van der Waals surface area contributed by atoms with Crippen molar-refractivity contribution >= 4 is 34.8 Å². The van der Waals surface area contributed by atoms with Crippen molar-refractivity contribution < 1.29 is 4.79 Å². The first kappa shape index (κ1) is 16.2. The van der Waals surface area contributed by atoms with Crippen LogP contribution in [0, 0.1) is 11.3 Å². The van der Waals surface area contributed by atoms with Crippen molar-refractivity contribution in [1.82, 2.24) is 9.55 Å². The summed E-state index contributed by atoms with van der Waals surface area (Å²) in [6, 6.07) is 14.5. The number of carbonyl (C=O) groups is 1. The van der Waals surface area contributed by atoms with Crippen LogP contribution in [0.15, 0.2) is 60.4 Å². The van der Waals surface area contributed by atoms with Gasteiger partial charge >= 0.3 is 0 Å². The van der Waals surface area contributed by atoms with Gasteiger partial charge in [0, 0.05) is 28.5 Å². The van der Waals surface area contributed by atoms with Crippen LogP contribution < -0.4 is 0 Å². The summed E-state index contributed by atoms with van der Waals surface area (Å²) in [7, 11) is 0. The van der Waals surface area contributed by atoms with Crippen molar-refractivity contribution in [2.24, 2.45) is 0 Å². The van der Waals surface area contributed by atoms with Crippen molar-refractivity contribution in [3.8, 4) is 6.07 Å². The first-order chi connectivity index (χ1) is 11.7. The molecule has 0 N–H and O–H groups in total. The molecule has 0 aliphatic rings. The van der Waals surface area contributed by atoms with Gasteiger partial charge in [-0.25, -0.2) is 4.98 Å². The van der Waals surface area contributed by atoms with Crippen LogP contribution in [0.2, 0.25) is 4.47 Å². The summed E-state index contributed by atoms with van der Waals surface area (Å²) >= 11 is 7.26. The van der Waals surface area contributed by atoms with Gasteiger partial charge < -0.3 is 4.57 Å². The fourth-order valence-corrected chi connectivity index (χ4v) is 3.25. The molecule has 0 saturated carbocycles. The largest absolute Gasteiger partial charge is 0.343 e. The van der Waals surface area contributed by atoms with Gasteiger partial charge in [0.2, 0.25) is 5.78 Å². The summed E-state index contributed by atoms with van der Waals surface area (Å²) in [6.45, 7) is 0.585. The molecule has 2 aromatic heterocycles. The number of nitrogens with zero attached hydrogens (tertiary/aromatic N) is 3. The Labute approximate surface area is 148 Å². The fraction of sp³-hybridized carbons (Fsp3) is 0.0556. The Morgan fingerprint density at radius 2 is 2.08 bits per heavy atom. The molecule has 0 radical (unpaired) electrons. The van der Waals surface area contributed by atoms with Gasteiger partial charge in [-0.3, -0.25) is 4.79 Å². The van der Waals surface area contributed by atoms with E-state index in [-0.39, 0.29) is 11.4 Å². The van der Waals surface area contributed by atoms with Crippen LogP contribution >= 0.6 is 22.9 Å². The highest BCUT2D eigenvalue weighted by Crippen LogP contribution is 2.20. The maximum Gasteiger partial charge on any atom is 0.203 e. The Kier molecular flexibility index (Phi) is 4.90. The zero-order valence-electron chi connectivity index (χ0n) is 12.5. The van der Waals surface area contributed by atoms with Gasteiger partial charge in [-0.2, -0.15) is 5.26 Å².